The van der Waals surface area contributed by atoms with Crippen molar-refractivity contribution in [3.8, 4) is 0 Å². The number of fused-ring (bicyclic) bond motifs is 4. The third kappa shape index (κ3) is 3.39. The van der Waals surface area contributed by atoms with Crippen LogP contribution in [0, 0.1) is 0 Å². The summed E-state index contributed by atoms with van der Waals surface area (Å²) in [5.41, 5.74) is 7.20. The maximum absolute atomic E-state index is 2.43. The maximum atomic E-state index is 2.43. The van der Waals surface area contributed by atoms with Gasteiger partial charge in [-0.25, -0.2) is 0 Å². The number of hydrogen-bond acceptors (Lipinski definition) is 0. The molecule has 3 heteroatoms. The molecule has 4 aromatic carbocycles. The van der Waals surface area contributed by atoms with Crippen molar-refractivity contribution in [2.75, 3.05) is 0 Å². The van der Waals surface area contributed by atoms with Crippen LogP contribution in [0.5, 0.6) is 0 Å². The molecule has 0 aliphatic heterocycles. The molecule has 5 rings (SSSR count). The zero-order chi connectivity index (χ0) is 17.7. The number of halogens is 2. The van der Waals surface area contributed by atoms with Crippen LogP contribution >= 0.6 is 0 Å². The van der Waals surface area contributed by atoms with Gasteiger partial charge in [-0.1, -0.05) is 0 Å². The van der Waals surface area contributed by atoms with Gasteiger partial charge in [-0.2, -0.15) is 0 Å². The van der Waals surface area contributed by atoms with E-state index in [4.69, 9.17) is 0 Å². The molecule has 0 bridgehead atoms. The largest absolute Gasteiger partial charge is 1.00 e. The first-order chi connectivity index (χ1) is 12.8. The van der Waals surface area contributed by atoms with E-state index in [0.717, 1.165) is 6.42 Å². The van der Waals surface area contributed by atoms with Crippen molar-refractivity contribution >= 4 is 33.2 Å². The normalized spacial score (nSPS) is 15.0. The topological polar surface area (TPSA) is 0 Å². The SMILES string of the molecule is CCc1cc(C2=Cc3ccccc3[CH]2[Zr+2])c2c(ccc3ccccc32)c1.[Cl-].[Cl-]. The summed E-state index contributed by atoms with van der Waals surface area (Å²) in [6, 6.07) is 27.0. The average molecular weight is 482 g/mol. The van der Waals surface area contributed by atoms with Crippen LogP contribution in [0.15, 0.2) is 72.8 Å². The van der Waals surface area contributed by atoms with E-state index in [2.05, 4.69) is 85.8 Å². The molecular weight excluding hydrogens is 462 g/mol. The molecule has 0 saturated heterocycles. The molecule has 137 valence electrons. The molecule has 1 aliphatic rings. The molecule has 4 aromatic rings. The monoisotopic (exact) mass is 479 g/mol. The van der Waals surface area contributed by atoms with Crippen LogP contribution in [0.25, 0.3) is 33.2 Å². The zero-order valence-electron chi connectivity index (χ0n) is 15.5. The third-order valence-corrected chi connectivity index (χ3v) is 7.08. The number of allylic oxidation sites excluding steroid dienone is 1. The Balaban J connectivity index is 0.00000112. The van der Waals surface area contributed by atoms with E-state index in [-0.39, 0.29) is 24.8 Å². The molecule has 0 saturated carbocycles. The minimum Gasteiger partial charge on any atom is -1.00 e. The van der Waals surface area contributed by atoms with Gasteiger partial charge >= 0.3 is 170 Å². The summed E-state index contributed by atoms with van der Waals surface area (Å²) < 4.78 is 0.521. The first kappa shape index (κ1) is 21.3. The predicted octanol–water partition coefficient (Wildman–Crippen LogP) is 0.706. The van der Waals surface area contributed by atoms with Gasteiger partial charge in [0.15, 0.2) is 0 Å². The molecule has 28 heavy (non-hydrogen) atoms. The third-order valence-electron chi connectivity index (χ3n) is 5.55. The maximum Gasteiger partial charge on any atom is -1.00 e. The second-order valence-electron chi connectivity index (χ2n) is 7.04. The fourth-order valence-corrected chi connectivity index (χ4v) is 5.43. The number of hydrogen-bond donors (Lipinski definition) is 0. The van der Waals surface area contributed by atoms with Crippen molar-refractivity contribution in [1.29, 1.82) is 0 Å². The van der Waals surface area contributed by atoms with Gasteiger partial charge in [0.2, 0.25) is 0 Å². The molecule has 0 aromatic heterocycles. The Bertz CT molecular complexity index is 1190. The molecule has 0 spiro atoms. The summed E-state index contributed by atoms with van der Waals surface area (Å²) in [5, 5.41) is 5.45. The van der Waals surface area contributed by atoms with Gasteiger partial charge in [0, 0.05) is 0 Å². The first-order valence-corrected chi connectivity index (χ1v) is 10.6. The predicted molar refractivity (Wildman–Crippen MR) is 108 cm³/mol. The second-order valence-corrected chi connectivity index (χ2v) is 8.46. The minimum absolute atomic E-state index is 0. The molecule has 0 radical (unpaired) electrons. The van der Waals surface area contributed by atoms with Gasteiger partial charge in [0.05, 0.1) is 0 Å². The van der Waals surface area contributed by atoms with E-state index in [1.807, 2.05) is 0 Å². The molecule has 0 N–H and O–H groups in total. The van der Waals surface area contributed by atoms with Crippen LogP contribution in [-0.4, -0.2) is 0 Å². The van der Waals surface area contributed by atoms with Crippen molar-refractivity contribution in [1.82, 2.24) is 0 Å². The number of aryl methyl sites for hydroxylation is 1. The zero-order valence-corrected chi connectivity index (χ0v) is 19.5. The molecule has 1 atom stereocenters. The quantitative estimate of drug-likeness (QED) is 0.370. The first-order valence-electron chi connectivity index (χ1n) is 9.22. The Hall–Kier alpha value is -1.40. The Morgan fingerprint density at radius 3 is 2.32 bits per heavy atom. The Morgan fingerprint density at radius 1 is 0.821 bits per heavy atom. The summed E-state index contributed by atoms with van der Waals surface area (Å²) in [4.78, 5) is 0. The van der Waals surface area contributed by atoms with Crippen LogP contribution in [0.3, 0.4) is 0 Å². The summed E-state index contributed by atoms with van der Waals surface area (Å²) in [5.74, 6) is 0. The van der Waals surface area contributed by atoms with Crippen molar-refractivity contribution in [3.05, 3.63) is 95.1 Å². The van der Waals surface area contributed by atoms with Crippen LogP contribution < -0.4 is 24.8 Å². The van der Waals surface area contributed by atoms with Gasteiger partial charge in [-0.3, -0.25) is 0 Å². The summed E-state index contributed by atoms with van der Waals surface area (Å²) in [7, 11) is 0. The van der Waals surface area contributed by atoms with Crippen molar-refractivity contribution in [3.63, 3.8) is 0 Å². The Kier molecular flexibility index (Phi) is 6.50. The molecule has 0 amide bonds. The fourth-order valence-electron chi connectivity index (χ4n) is 4.20. The van der Waals surface area contributed by atoms with E-state index in [9.17, 15) is 0 Å². The van der Waals surface area contributed by atoms with E-state index >= 15 is 0 Å². The summed E-state index contributed by atoms with van der Waals surface area (Å²) in [6.07, 6.45) is 3.49. The molecule has 0 heterocycles. The van der Waals surface area contributed by atoms with Crippen LogP contribution in [0.1, 0.15) is 32.8 Å². The van der Waals surface area contributed by atoms with Crippen LogP contribution in [-0.2, 0) is 31.1 Å². The smallest absolute Gasteiger partial charge is 1.00 e. The number of rotatable bonds is 2. The van der Waals surface area contributed by atoms with Crippen LogP contribution in [0.4, 0.5) is 0 Å². The van der Waals surface area contributed by atoms with E-state index < -0.39 is 0 Å². The van der Waals surface area contributed by atoms with E-state index in [1.165, 1.54) is 49.4 Å². The molecule has 1 aliphatic carbocycles. The molecule has 0 nitrogen and oxygen atoms in total. The average Bonchev–Trinajstić information content (AvgIpc) is 3.03. The minimum atomic E-state index is 0. The van der Waals surface area contributed by atoms with Gasteiger partial charge in [0.25, 0.3) is 0 Å². The second kappa shape index (κ2) is 8.54. The van der Waals surface area contributed by atoms with Crippen molar-refractivity contribution in [2.24, 2.45) is 0 Å². The standard InChI is InChI=1S/C25H19.2ClH.Zr/c1-2-17-13-21-12-11-18-7-5-6-10-23(18)25(21)24(14-17)22-15-19-8-3-4-9-20(19)16-22;;;/h3-16H,2H2,1H3;2*1H;/q;;;+2/p-2. The van der Waals surface area contributed by atoms with Crippen LogP contribution in [0.2, 0.25) is 0 Å². The van der Waals surface area contributed by atoms with Gasteiger partial charge in [-0.15, -0.1) is 0 Å². The Morgan fingerprint density at radius 2 is 1.54 bits per heavy atom. The van der Waals surface area contributed by atoms with Crippen molar-refractivity contribution < 1.29 is 49.5 Å². The number of benzene rings is 4. The molecular formula is C25H19Cl2Zr. The van der Waals surface area contributed by atoms with Gasteiger partial charge in [-0.05, 0) is 0 Å². The molecule has 1 unspecified atom stereocenters. The van der Waals surface area contributed by atoms with Gasteiger partial charge < -0.3 is 24.8 Å². The summed E-state index contributed by atoms with van der Waals surface area (Å²) in [6.45, 7) is 2.25. The fraction of sp³-hybridized carbons (Fsp3) is 0.120. The van der Waals surface area contributed by atoms with Gasteiger partial charge in [0.1, 0.15) is 0 Å². The van der Waals surface area contributed by atoms with E-state index in [1.54, 1.807) is 24.7 Å². The van der Waals surface area contributed by atoms with Crippen molar-refractivity contribution in [2.45, 2.75) is 17.0 Å². The Labute approximate surface area is 193 Å². The molecule has 0 fully saturated rings. The van der Waals surface area contributed by atoms with E-state index in [0.29, 0.717) is 3.63 Å². The summed E-state index contributed by atoms with van der Waals surface area (Å²) >= 11 is 1.56.